The molecule has 19 heavy (non-hydrogen) atoms. The third-order valence-electron chi connectivity index (χ3n) is 2.84. The van der Waals surface area contributed by atoms with Gasteiger partial charge in [0.05, 0.1) is 12.5 Å². The maximum atomic E-state index is 5.72. The number of unbranched alkanes of at least 4 members (excludes halogenated alkanes) is 6. The first-order valence-corrected chi connectivity index (χ1v) is 10.6. The summed E-state index contributed by atoms with van der Waals surface area (Å²) in [5, 5.41) is 0. The lowest BCUT2D eigenvalue weighted by Crippen LogP contribution is -2.30. The van der Waals surface area contributed by atoms with Gasteiger partial charge in [0.15, 0.2) is 0 Å². The van der Waals surface area contributed by atoms with Crippen LogP contribution in [0.4, 0.5) is 0 Å². The predicted molar refractivity (Wildman–Crippen MR) is 86.2 cm³/mol. The van der Waals surface area contributed by atoms with Gasteiger partial charge < -0.3 is 8.85 Å². The second-order valence-electron chi connectivity index (χ2n) is 5.37. The summed E-state index contributed by atoms with van der Waals surface area (Å²) in [4.78, 5) is 0. The standard InChI is InChI=1S/C16H32O2Si/c1-5-7-9-11-13-15-17-19(3,4)18-16-14-12-10-8-6-2/h13-16H,5-12H2,1-4H3/b15-13-,16-14-. The van der Waals surface area contributed by atoms with Crippen molar-refractivity contribution >= 4 is 8.56 Å². The van der Waals surface area contributed by atoms with Crippen LogP contribution in [-0.4, -0.2) is 8.56 Å². The van der Waals surface area contributed by atoms with Crippen LogP contribution in [0.3, 0.4) is 0 Å². The van der Waals surface area contributed by atoms with Crippen LogP contribution in [0.15, 0.2) is 24.7 Å². The van der Waals surface area contributed by atoms with Crippen LogP contribution in [-0.2, 0) is 8.85 Å². The third kappa shape index (κ3) is 13.5. The van der Waals surface area contributed by atoms with Gasteiger partial charge in [0, 0.05) is 13.1 Å². The van der Waals surface area contributed by atoms with Gasteiger partial charge in [-0.25, -0.2) is 0 Å². The molecule has 0 aromatic heterocycles. The largest absolute Gasteiger partial charge is 0.519 e. The van der Waals surface area contributed by atoms with Crippen LogP contribution in [0.25, 0.3) is 0 Å². The number of hydrogen-bond acceptors (Lipinski definition) is 2. The highest BCUT2D eigenvalue weighted by molar-refractivity contribution is 6.64. The van der Waals surface area contributed by atoms with Gasteiger partial charge in [0.1, 0.15) is 0 Å². The molecule has 112 valence electrons. The van der Waals surface area contributed by atoms with Gasteiger partial charge in [-0.05, 0) is 25.7 Å². The van der Waals surface area contributed by atoms with Crippen molar-refractivity contribution in [3.63, 3.8) is 0 Å². The van der Waals surface area contributed by atoms with Gasteiger partial charge in [-0.3, -0.25) is 0 Å². The Morgan fingerprint density at radius 1 is 0.737 bits per heavy atom. The van der Waals surface area contributed by atoms with E-state index in [1.54, 1.807) is 0 Å². The molecule has 0 amide bonds. The molecule has 0 saturated carbocycles. The molecule has 0 aromatic carbocycles. The van der Waals surface area contributed by atoms with Crippen molar-refractivity contribution in [2.45, 2.75) is 78.3 Å². The summed E-state index contributed by atoms with van der Waals surface area (Å²) in [7, 11) is -2.01. The van der Waals surface area contributed by atoms with E-state index in [0.717, 1.165) is 12.8 Å². The lowest BCUT2D eigenvalue weighted by atomic mass is 10.2. The molecule has 0 rings (SSSR count). The average molecular weight is 285 g/mol. The van der Waals surface area contributed by atoms with E-state index in [9.17, 15) is 0 Å². The molecular weight excluding hydrogens is 252 g/mol. The summed E-state index contributed by atoms with van der Waals surface area (Å²) in [5.74, 6) is 0. The summed E-state index contributed by atoms with van der Waals surface area (Å²) in [6, 6.07) is 0. The molecule has 0 aliphatic carbocycles. The maximum Gasteiger partial charge on any atom is 0.453 e. The Hall–Kier alpha value is -0.703. The second-order valence-corrected chi connectivity index (χ2v) is 8.64. The molecule has 0 aliphatic rings. The van der Waals surface area contributed by atoms with Crippen LogP contribution in [0.2, 0.25) is 13.1 Å². The topological polar surface area (TPSA) is 18.5 Å². The molecule has 0 spiro atoms. The van der Waals surface area contributed by atoms with Crippen molar-refractivity contribution in [1.82, 2.24) is 0 Å². The fourth-order valence-electron chi connectivity index (χ4n) is 1.61. The van der Waals surface area contributed by atoms with E-state index in [-0.39, 0.29) is 0 Å². The van der Waals surface area contributed by atoms with Crippen molar-refractivity contribution in [3.05, 3.63) is 24.7 Å². The molecule has 0 heterocycles. The summed E-state index contributed by atoms with van der Waals surface area (Å²) >= 11 is 0. The normalized spacial score (nSPS) is 12.4. The van der Waals surface area contributed by atoms with Crippen LogP contribution in [0.1, 0.15) is 65.2 Å². The van der Waals surface area contributed by atoms with Gasteiger partial charge >= 0.3 is 8.56 Å². The van der Waals surface area contributed by atoms with Crippen molar-refractivity contribution < 1.29 is 8.85 Å². The van der Waals surface area contributed by atoms with Crippen LogP contribution < -0.4 is 0 Å². The average Bonchev–Trinajstić information content (AvgIpc) is 2.38. The van der Waals surface area contributed by atoms with Crippen molar-refractivity contribution in [3.8, 4) is 0 Å². The second kappa shape index (κ2) is 12.3. The zero-order valence-corrected chi connectivity index (χ0v) is 14.3. The lowest BCUT2D eigenvalue weighted by molar-refractivity contribution is 0.318. The van der Waals surface area contributed by atoms with Crippen molar-refractivity contribution in [2.75, 3.05) is 0 Å². The van der Waals surface area contributed by atoms with Crippen LogP contribution in [0.5, 0.6) is 0 Å². The van der Waals surface area contributed by atoms with E-state index in [1.807, 2.05) is 12.5 Å². The smallest absolute Gasteiger partial charge is 0.453 e. The highest BCUT2D eigenvalue weighted by atomic mass is 28.4. The minimum atomic E-state index is -2.01. The monoisotopic (exact) mass is 284 g/mol. The maximum absolute atomic E-state index is 5.72. The Kier molecular flexibility index (Phi) is 11.9. The Balaban J connectivity index is 3.66. The summed E-state index contributed by atoms with van der Waals surface area (Å²) in [6.45, 7) is 8.58. The van der Waals surface area contributed by atoms with Gasteiger partial charge in [-0.15, -0.1) is 0 Å². The van der Waals surface area contributed by atoms with E-state index < -0.39 is 8.56 Å². The number of hydrogen-bond donors (Lipinski definition) is 0. The molecule has 0 aliphatic heterocycles. The van der Waals surface area contributed by atoms with E-state index in [1.165, 1.54) is 38.5 Å². The molecule has 0 unspecified atom stereocenters. The highest BCUT2D eigenvalue weighted by Crippen LogP contribution is 2.09. The molecule has 0 atom stereocenters. The van der Waals surface area contributed by atoms with Gasteiger partial charge in [0.25, 0.3) is 0 Å². The molecule has 3 heteroatoms. The Morgan fingerprint density at radius 2 is 1.16 bits per heavy atom. The summed E-state index contributed by atoms with van der Waals surface area (Å²) < 4.78 is 11.4. The molecule has 0 radical (unpaired) electrons. The fraction of sp³-hybridized carbons (Fsp3) is 0.750. The summed E-state index contributed by atoms with van der Waals surface area (Å²) in [5.41, 5.74) is 0. The molecular formula is C16H32O2Si. The number of allylic oxidation sites excluding steroid dienone is 2. The van der Waals surface area contributed by atoms with Crippen LogP contribution in [0, 0.1) is 0 Å². The number of rotatable bonds is 12. The molecule has 0 saturated heterocycles. The first-order valence-electron chi connectivity index (χ1n) is 7.78. The highest BCUT2D eigenvalue weighted by Gasteiger charge is 2.25. The first kappa shape index (κ1) is 18.3. The minimum absolute atomic E-state index is 1.10. The quantitative estimate of drug-likeness (QED) is 0.252. The fourth-order valence-corrected chi connectivity index (χ4v) is 2.52. The summed E-state index contributed by atoms with van der Waals surface area (Å²) in [6.07, 6.45) is 17.7. The third-order valence-corrected chi connectivity index (χ3v) is 4.25. The zero-order valence-electron chi connectivity index (χ0n) is 13.3. The Bertz CT molecular complexity index is 223. The van der Waals surface area contributed by atoms with Crippen molar-refractivity contribution in [1.29, 1.82) is 0 Å². The molecule has 0 N–H and O–H groups in total. The van der Waals surface area contributed by atoms with E-state index in [4.69, 9.17) is 8.85 Å². The van der Waals surface area contributed by atoms with Gasteiger partial charge in [-0.1, -0.05) is 51.7 Å². The first-order chi connectivity index (χ1) is 9.12. The molecule has 0 bridgehead atoms. The van der Waals surface area contributed by atoms with Gasteiger partial charge in [-0.2, -0.15) is 0 Å². The predicted octanol–water partition coefficient (Wildman–Crippen LogP) is 5.91. The molecule has 0 fully saturated rings. The van der Waals surface area contributed by atoms with E-state index in [0.29, 0.717) is 0 Å². The van der Waals surface area contributed by atoms with Gasteiger partial charge in [0.2, 0.25) is 0 Å². The van der Waals surface area contributed by atoms with E-state index >= 15 is 0 Å². The minimum Gasteiger partial charge on any atom is -0.519 e. The van der Waals surface area contributed by atoms with Crippen LogP contribution >= 0.6 is 0 Å². The lowest BCUT2D eigenvalue weighted by Gasteiger charge is -2.19. The zero-order chi connectivity index (χ0) is 14.4. The van der Waals surface area contributed by atoms with Crippen molar-refractivity contribution in [2.24, 2.45) is 0 Å². The molecule has 2 nitrogen and oxygen atoms in total. The Morgan fingerprint density at radius 3 is 1.53 bits per heavy atom. The Labute approximate surface area is 121 Å². The SMILES string of the molecule is CCCCC/C=C\O[Si](C)(C)O/C=C\CCCCC. The molecule has 0 aromatic rings. The van der Waals surface area contributed by atoms with E-state index in [2.05, 4.69) is 39.1 Å².